The Morgan fingerprint density at radius 3 is 2.59 bits per heavy atom. The second kappa shape index (κ2) is 13.2. The van der Waals surface area contributed by atoms with Gasteiger partial charge in [-0.15, -0.1) is 0 Å². The Labute approximate surface area is 243 Å². The van der Waals surface area contributed by atoms with Crippen LogP contribution in [-0.4, -0.2) is 58.8 Å². The number of aromatic nitrogens is 1. The van der Waals surface area contributed by atoms with Crippen molar-refractivity contribution in [2.45, 2.75) is 121 Å². The number of carbonyl (C=O) groups excluding carboxylic acids is 1. The number of rotatable bonds is 1. The number of nitrogens with zero attached hydrogens (tertiary/aromatic N) is 1. The molecule has 0 saturated carbocycles. The Kier molecular flexibility index (Phi) is 9.64. The van der Waals surface area contributed by atoms with Gasteiger partial charge >= 0.3 is 5.97 Å². The predicted octanol–water partition coefficient (Wildman–Crippen LogP) is 6.03. The van der Waals surface area contributed by atoms with Gasteiger partial charge in [-0.1, -0.05) is 44.2 Å². The number of hydrogen-bond acceptors (Lipinski definition) is 8. The lowest BCUT2D eigenvalue weighted by Crippen LogP contribution is -2.50. The van der Waals surface area contributed by atoms with Crippen LogP contribution in [0.25, 0.3) is 6.08 Å². The van der Waals surface area contributed by atoms with Crippen molar-refractivity contribution in [2.24, 2.45) is 11.8 Å². The molecule has 8 heteroatoms. The molecule has 4 aliphatic heterocycles. The first kappa shape index (κ1) is 30.0. The summed E-state index contributed by atoms with van der Waals surface area (Å²) in [7, 11) is 0. The van der Waals surface area contributed by atoms with E-state index in [1.807, 2.05) is 25.2 Å². The van der Waals surface area contributed by atoms with Crippen molar-refractivity contribution in [2.75, 3.05) is 0 Å². The minimum Gasteiger partial charge on any atom is -0.458 e. The van der Waals surface area contributed by atoms with E-state index < -0.39 is 6.10 Å². The fraction of sp³-hybridized carbons (Fsp3) is 0.636. The van der Waals surface area contributed by atoms with Crippen molar-refractivity contribution in [1.29, 1.82) is 0 Å². The number of aliphatic hydroxyl groups is 1. The molecule has 5 rings (SSSR count). The molecule has 10 atom stereocenters. The molecule has 1 N–H and O–H groups in total. The summed E-state index contributed by atoms with van der Waals surface area (Å²) >= 11 is 0. The molecule has 0 radical (unpaired) electrons. The van der Waals surface area contributed by atoms with Crippen LogP contribution in [0.3, 0.4) is 0 Å². The van der Waals surface area contributed by atoms with Gasteiger partial charge in [0, 0.05) is 30.8 Å². The Morgan fingerprint density at radius 1 is 1.00 bits per heavy atom. The fourth-order valence-corrected chi connectivity index (χ4v) is 6.79. The van der Waals surface area contributed by atoms with Crippen LogP contribution >= 0.6 is 0 Å². The van der Waals surface area contributed by atoms with Gasteiger partial charge < -0.3 is 28.5 Å². The van der Waals surface area contributed by atoms with E-state index in [1.165, 1.54) is 6.08 Å². The van der Waals surface area contributed by atoms with Crippen LogP contribution in [0, 0.1) is 11.8 Å². The Bertz CT molecular complexity index is 1170. The third-order valence-electron chi connectivity index (χ3n) is 9.05. The molecule has 224 valence electrons. The van der Waals surface area contributed by atoms with Gasteiger partial charge in [0.25, 0.3) is 0 Å². The van der Waals surface area contributed by atoms with Crippen molar-refractivity contribution >= 4 is 12.0 Å². The second-order valence-corrected chi connectivity index (χ2v) is 12.3. The topological polar surface area (TPSA) is 100 Å². The van der Waals surface area contributed by atoms with Crippen LogP contribution in [0.2, 0.25) is 0 Å². The molecular weight excluding hydrogens is 522 g/mol. The van der Waals surface area contributed by atoms with Gasteiger partial charge in [-0.25, -0.2) is 9.78 Å². The van der Waals surface area contributed by atoms with Gasteiger partial charge in [0.05, 0.1) is 36.6 Å². The lowest BCUT2D eigenvalue weighted by molar-refractivity contribution is -0.180. The summed E-state index contributed by atoms with van der Waals surface area (Å²) in [6.45, 7) is 12.5. The largest absolute Gasteiger partial charge is 0.458 e. The number of hydrogen-bond donors (Lipinski definition) is 1. The summed E-state index contributed by atoms with van der Waals surface area (Å²) in [6, 6.07) is 0. The number of carbonyl (C=O) groups is 1. The fourth-order valence-electron chi connectivity index (χ4n) is 6.79. The highest BCUT2D eigenvalue weighted by Gasteiger charge is 2.43. The normalized spacial score (nSPS) is 39.1. The van der Waals surface area contributed by atoms with Gasteiger partial charge in [-0.3, -0.25) is 0 Å². The summed E-state index contributed by atoms with van der Waals surface area (Å²) in [5, 5.41) is 10.6. The SMILES string of the molecule is C=C1CC2CC=CC(=O)OC3C(C)C(CC=Cc4nc(co4)C4CC(O)CC(CC(C1)O2)O4)OC(C(C)=CC)C3C. The highest BCUT2D eigenvalue weighted by Crippen LogP contribution is 2.38. The van der Waals surface area contributed by atoms with Crippen molar-refractivity contribution in [3.05, 3.63) is 59.9 Å². The zero-order chi connectivity index (χ0) is 29.1. The maximum atomic E-state index is 13.0. The van der Waals surface area contributed by atoms with E-state index in [1.54, 1.807) is 6.26 Å². The molecule has 1 aromatic rings. The molecule has 41 heavy (non-hydrogen) atoms. The molecule has 5 heterocycles. The molecule has 0 spiro atoms. The number of oxazole rings is 1. The number of ether oxygens (including phenoxy) is 4. The highest BCUT2D eigenvalue weighted by molar-refractivity contribution is 5.82. The van der Waals surface area contributed by atoms with Crippen molar-refractivity contribution in [3.63, 3.8) is 0 Å². The van der Waals surface area contributed by atoms with Crippen LogP contribution in [0.4, 0.5) is 0 Å². The van der Waals surface area contributed by atoms with Crippen LogP contribution < -0.4 is 0 Å². The summed E-state index contributed by atoms with van der Waals surface area (Å²) in [6.07, 6.45) is 13.6. The van der Waals surface area contributed by atoms with Crippen LogP contribution in [0.1, 0.15) is 90.3 Å². The first-order chi connectivity index (χ1) is 19.7. The number of fused-ring (bicyclic) bond motifs is 9. The predicted molar refractivity (Wildman–Crippen MR) is 155 cm³/mol. The maximum Gasteiger partial charge on any atom is 0.330 e. The number of esters is 1. The first-order valence-electron chi connectivity index (χ1n) is 15.1. The van der Waals surface area contributed by atoms with Gasteiger partial charge in [0.2, 0.25) is 5.89 Å². The van der Waals surface area contributed by atoms with E-state index in [0.29, 0.717) is 43.7 Å². The van der Waals surface area contributed by atoms with Crippen molar-refractivity contribution < 1.29 is 33.3 Å². The van der Waals surface area contributed by atoms with Gasteiger partial charge in [0.1, 0.15) is 24.2 Å². The third kappa shape index (κ3) is 7.28. The van der Waals surface area contributed by atoms with E-state index in [-0.39, 0.29) is 60.5 Å². The monoisotopic (exact) mass is 567 g/mol. The first-order valence-corrected chi connectivity index (χ1v) is 15.1. The molecule has 8 bridgehead atoms. The molecular formula is C33H45NO7. The molecule has 1 aromatic heterocycles. The van der Waals surface area contributed by atoms with E-state index in [2.05, 4.69) is 38.4 Å². The second-order valence-electron chi connectivity index (χ2n) is 12.3. The Hall–Kier alpha value is -2.52. The lowest BCUT2D eigenvalue weighted by atomic mass is 9.79. The summed E-state index contributed by atoms with van der Waals surface area (Å²) in [5.74, 6) is 0.130. The number of allylic oxidation sites excluding steroid dienone is 1. The summed E-state index contributed by atoms with van der Waals surface area (Å²) in [5.41, 5.74) is 2.93. The summed E-state index contributed by atoms with van der Waals surface area (Å²) in [4.78, 5) is 17.7. The highest BCUT2D eigenvalue weighted by atomic mass is 16.6. The average molecular weight is 568 g/mol. The standard InChI is InChI=1S/C33H45NO7/c1-6-20(3)32-22(5)33-21(4)28(40-32)10-8-11-30-34-27(18-37-30)29-16-23(35)15-26(39-29)17-25-14-19(2)13-24(38-25)9-7-12-31(36)41-33/h6-8,11-12,18,21-26,28-29,32-33,35H,2,9-10,13-17H2,1,3-5H3. The third-order valence-corrected chi connectivity index (χ3v) is 9.05. The zero-order valence-electron chi connectivity index (χ0n) is 24.7. The Balaban J connectivity index is 1.41. The minimum atomic E-state index is -0.485. The quantitative estimate of drug-likeness (QED) is 0.324. The lowest BCUT2D eigenvalue weighted by Gasteiger charge is -2.44. The van der Waals surface area contributed by atoms with Gasteiger partial charge in [-0.2, -0.15) is 0 Å². The number of aliphatic hydroxyl groups excluding tert-OH is 1. The minimum absolute atomic E-state index is 0.00940. The van der Waals surface area contributed by atoms with E-state index in [0.717, 1.165) is 24.0 Å². The van der Waals surface area contributed by atoms with Crippen LogP contribution in [0.5, 0.6) is 0 Å². The zero-order valence-corrected chi connectivity index (χ0v) is 24.7. The van der Waals surface area contributed by atoms with Crippen LogP contribution in [0.15, 0.2) is 52.7 Å². The van der Waals surface area contributed by atoms with E-state index >= 15 is 0 Å². The van der Waals surface area contributed by atoms with E-state index in [9.17, 15) is 9.90 Å². The molecule has 0 aliphatic carbocycles. The van der Waals surface area contributed by atoms with Crippen molar-refractivity contribution in [3.8, 4) is 0 Å². The summed E-state index contributed by atoms with van der Waals surface area (Å²) < 4.78 is 31.2. The van der Waals surface area contributed by atoms with Gasteiger partial charge in [0.15, 0.2) is 0 Å². The van der Waals surface area contributed by atoms with Crippen LogP contribution in [-0.2, 0) is 23.7 Å². The maximum absolute atomic E-state index is 13.0. The molecule has 8 nitrogen and oxygen atoms in total. The molecule has 0 aromatic carbocycles. The smallest absolute Gasteiger partial charge is 0.330 e. The van der Waals surface area contributed by atoms with Gasteiger partial charge in [-0.05, 0) is 57.6 Å². The Morgan fingerprint density at radius 2 is 1.78 bits per heavy atom. The molecule has 3 saturated heterocycles. The molecule has 4 aliphatic rings. The van der Waals surface area contributed by atoms with E-state index in [4.69, 9.17) is 23.4 Å². The average Bonchev–Trinajstić information content (AvgIpc) is 3.40. The van der Waals surface area contributed by atoms with Crippen molar-refractivity contribution in [1.82, 2.24) is 4.98 Å². The molecule has 0 amide bonds. The molecule has 10 unspecified atom stereocenters. The molecule has 3 fully saturated rings.